The molecule has 4 nitrogen and oxygen atoms in total. The van der Waals surface area contributed by atoms with E-state index in [9.17, 15) is 9.59 Å². The van der Waals surface area contributed by atoms with Gasteiger partial charge in [-0.05, 0) is 67.3 Å². The molecule has 0 radical (unpaired) electrons. The number of carbonyl (C=O) groups is 2. The van der Waals surface area contributed by atoms with Crippen LogP contribution in [0.15, 0.2) is 36.4 Å². The minimum atomic E-state index is -0.413. The number of rotatable bonds is 11. The van der Waals surface area contributed by atoms with Gasteiger partial charge in [-0.3, -0.25) is 9.59 Å². The van der Waals surface area contributed by atoms with Crippen LogP contribution in [0.25, 0.3) is 0 Å². The van der Waals surface area contributed by atoms with Gasteiger partial charge in [0, 0.05) is 28.7 Å². The number of ether oxygens (including phenoxy) is 1. The monoisotopic (exact) mass is 483 g/mol. The Balaban J connectivity index is 2.34. The molecule has 0 saturated carbocycles. The molecule has 0 saturated heterocycles. The Morgan fingerprint density at radius 2 is 1.53 bits per heavy atom. The van der Waals surface area contributed by atoms with Gasteiger partial charge >= 0.3 is 0 Å². The van der Waals surface area contributed by atoms with Gasteiger partial charge in [0.1, 0.15) is 12.4 Å². The quantitative estimate of drug-likeness (QED) is 0.371. The number of ketones is 1. The summed E-state index contributed by atoms with van der Waals surface area (Å²) in [5, 5.41) is 3.00. The van der Waals surface area contributed by atoms with Crippen molar-refractivity contribution in [2.24, 2.45) is 5.41 Å². The predicted octanol–water partition coefficient (Wildman–Crippen LogP) is 6.50. The molecule has 0 heterocycles. The van der Waals surface area contributed by atoms with Gasteiger partial charge in [0.05, 0.1) is 0 Å². The van der Waals surface area contributed by atoms with E-state index in [-0.39, 0.29) is 23.7 Å². The van der Waals surface area contributed by atoms with E-state index in [1.807, 2.05) is 53.0 Å². The van der Waals surface area contributed by atoms with Gasteiger partial charge in [-0.2, -0.15) is 11.8 Å². The summed E-state index contributed by atoms with van der Waals surface area (Å²) in [7, 11) is 0. The summed E-state index contributed by atoms with van der Waals surface area (Å²) in [6.07, 6.45) is 3.90. The Bertz CT molecular complexity index is 1000. The molecule has 0 bridgehead atoms. The molecule has 2 aromatic rings. The van der Waals surface area contributed by atoms with Crippen molar-refractivity contribution >= 4 is 23.5 Å². The Hall–Kier alpha value is -2.27. The molecule has 0 aliphatic rings. The highest BCUT2D eigenvalue weighted by molar-refractivity contribution is 7.98. The zero-order valence-corrected chi connectivity index (χ0v) is 22.9. The number of thioether (sulfide) groups is 1. The summed E-state index contributed by atoms with van der Waals surface area (Å²) in [4.78, 5) is 24.9. The first-order valence-corrected chi connectivity index (χ1v) is 13.5. The third-order valence-corrected chi connectivity index (χ3v) is 7.36. The normalized spacial score (nSPS) is 11.9. The highest BCUT2D eigenvalue weighted by Crippen LogP contribution is 2.41. The summed E-state index contributed by atoms with van der Waals surface area (Å²) >= 11 is 1.72. The average Bonchev–Trinajstić information content (AvgIpc) is 2.79. The molecule has 0 aromatic heterocycles. The van der Waals surface area contributed by atoms with E-state index in [1.54, 1.807) is 11.8 Å². The van der Waals surface area contributed by atoms with E-state index in [1.165, 1.54) is 11.1 Å². The van der Waals surface area contributed by atoms with Gasteiger partial charge in [0.2, 0.25) is 0 Å². The predicted molar refractivity (Wildman–Crippen MR) is 144 cm³/mol. The Labute approximate surface area is 210 Å². The largest absolute Gasteiger partial charge is 0.486 e. The van der Waals surface area contributed by atoms with Crippen LogP contribution in [-0.4, -0.2) is 36.9 Å². The second-order valence-corrected chi connectivity index (χ2v) is 11.0. The van der Waals surface area contributed by atoms with Crippen LogP contribution in [0, 0.1) is 19.3 Å². The molecule has 0 spiro atoms. The summed E-state index contributed by atoms with van der Waals surface area (Å²) in [6, 6.07) is 12.5. The van der Waals surface area contributed by atoms with Gasteiger partial charge < -0.3 is 10.1 Å². The fourth-order valence-electron chi connectivity index (χ4n) is 4.28. The minimum absolute atomic E-state index is 0.0150. The van der Waals surface area contributed by atoms with Crippen molar-refractivity contribution in [3.05, 3.63) is 64.2 Å². The minimum Gasteiger partial charge on any atom is -0.486 e. The number of carbonyl (C=O) groups excluding carboxylic acids is 2. The van der Waals surface area contributed by atoms with Crippen molar-refractivity contribution in [2.45, 2.75) is 66.7 Å². The maximum atomic E-state index is 12.6. The van der Waals surface area contributed by atoms with Gasteiger partial charge in [-0.25, -0.2) is 0 Å². The molecule has 1 amide bonds. The number of hydrogen-bond acceptors (Lipinski definition) is 4. The second kappa shape index (κ2) is 11.9. The second-order valence-electron chi connectivity index (χ2n) is 10.0. The van der Waals surface area contributed by atoms with Crippen LogP contribution in [0.1, 0.15) is 80.1 Å². The third kappa shape index (κ3) is 6.44. The molecule has 0 fully saturated rings. The molecule has 0 aliphatic carbocycles. The van der Waals surface area contributed by atoms with Crippen LogP contribution in [0.5, 0.6) is 5.75 Å². The lowest BCUT2D eigenvalue weighted by Gasteiger charge is -2.34. The molecule has 0 unspecified atom stereocenters. The van der Waals surface area contributed by atoms with Crippen LogP contribution in [0.2, 0.25) is 0 Å². The zero-order chi connectivity index (χ0) is 25.5. The van der Waals surface area contributed by atoms with Crippen LogP contribution < -0.4 is 10.1 Å². The van der Waals surface area contributed by atoms with Crippen LogP contribution in [-0.2, 0) is 10.2 Å². The van der Waals surface area contributed by atoms with Crippen molar-refractivity contribution in [2.75, 3.05) is 25.2 Å². The lowest BCUT2D eigenvalue weighted by Crippen LogP contribution is -2.29. The number of hydrogen-bond donors (Lipinski definition) is 1. The topological polar surface area (TPSA) is 55.4 Å². The first-order chi connectivity index (χ1) is 16.0. The van der Waals surface area contributed by atoms with E-state index >= 15 is 0 Å². The number of nitrogens with one attached hydrogen (secondary N) is 1. The van der Waals surface area contributed by atoms with Crippen LogP contribution in [0.3, 0.4) is 0 Å². The van der Waals surface area contributed by atoms with Gasteiger partial charge in [0.25, 0.3) is 5.91 Å². The fraction of sp³-hybridized carbons (Fsp3) is 0.517. The summed E-state index contributed by atoms with van der Waals surface area (Å²) < 4.78 is 5.87. The van der Waals surface area contributed by atoms with Crippen LogP contribution >= 0.6 is 11.8 Å². The molecule has 34 heavy (non-hydrogen) atoms. The number of aryl methyl sites for hydroxylation is 2. The van der Waals surface area contributed by atoms with Crippen molar-refractivity contribution < 1.29 is 14.3 Å². The van der Waals surface area contributed by atoms with E-state index in [0.29, 0.717) is 6.54 Å². The fourth-order valence-corrected chi connectivity index (χ4v) is 4.59. The highest BCUT2D eigenvalue weighted by atomic mass is 32.2. The highest BCUT2D eigenvalue weighted by Gasteiger charge is 2.32. The summed E-state index contributed by atoms with van der Waals surface area (Å²) in [5.74, 6) is 1.72. The van der Waals surface area contributed by atoms with Gasteiger partial charge in [0.15, 0.2) is 5.78 Å². The maximum absolute atomic E-state index is 12.6. The number of amides is 1. The first kappa shape index (κ1) is 28.0. The first-order valence-electron chi connectivity index (χ1n) is 12.2. The average molecular weight is 484 g/mol. The molecule has 186 valence electrons. The standard InChI is InChI=1S/C29H41NO3S/c1-9-29(10-2,22-11-13-24(20(3)17-22)27(32)30-15-16-34-8)23-12-14-25(21(4)18-23)33-19-26(31)28(5,6)7/h11-14,17-18H,9-10,15-16,19H2,1-8H3,(H,30,32). The summed E-state index contributed by atoms with van der Waals surface area (Å²) in [5.41, 5.74) is 4.60. The summed E-state index contributed by atoms with van der Waals surface area (Å²) in [6.45, 7) is 14.9. The van der Waals surface area contributed by atoms with Gasteiger partial charge in [-0.15, -0.1) is 0 Å². The molecule has 1 N–H and O–H groups in total. The Kier molecular flexibility index (Phi) is 9.81. The van der Waals surface area contributed by atoms with E-state index in [2.05, 4.69) is 43.4 Å². The third-order valence-electron chi connectivity index (χ3n) is 6.75. The van der Waals surface area contributed by atoms with E-state index < -0.39 is 5.41 Å². The zero-order valence-electron chi connectivity index (χ0n) is 22.1. The van der Waals surface area contributed by atoms with E-state index in [0.717, 1.165) is 41.0 Å². The SMILES string of the molecule is CCC(CC)(c1ccc(OCC(=O)C(C)(C)C)c(C)c1)c1ccc(C(=O)NCCSC)c(C)c1. The Morgan fingerprint density at radius 1 is 0.941 bits per heavy atom. The molecule has 0 aliphatic heterocycles. The van der Waals surface area contributed by atoms with Crippen molar-refractivity contribution in [1.29, 1.82) is 0 Å². The van der Waals surface area contributed by atoms with Crippen molar-refractivity contribution in [1.82, 2.24) is 5.32 Å². The molecular formula is C29H41NO3S. The maximum Gasteiger partial charge on any atom is 0.251 e. The number of benzene rings is 2. The Morgan fingerprint density at radius 3 is 2.03 bits per heavy atom. The smallest absolute Gasteiger partial charge is 0.251 e. The lowest BCUT2D eigenvalue weighted by molar-refractivity contribution is -0.128. The molecule has 0 atom stereocenters. The molecule has 2 rings (SSSR count). The van der Waals surface area contributed by atoms with Crippen molar-refractivity contribution in [3.8, 4) is 5.75 Å². The van der Waals surface area contributed by atoms with Gasteiger partial charge in [-0.1, -0.05) is 58.9 Å². The van der Waals surface area contributed by atoms with Crippen LogP contribution in [0.4, 0.5) is 0 Å². The molecular weight excluding hydrogens is 442 g/mol. The number of Topliss-reactive ketones (excluding diaryl/α,β-unsaturated/α-hetero) is 1. The van der Waals surface area contributed by atoms with E-state index in [4.69, 9.17) is 4.74 Å². The molecule has 2 aromatic carbocycles. The van der Waals surface area contributed by atoms with Crippen molar-refractivity contribution in [3.63, 3.8) is 0 Å². The molecule has 5 heteroatoms. The lowest BCUT2D eigenvalue weighted by atomic mass is 9.70.